The molecule has 5 nitrogen and oxygen atoms in total. The van der Waals surface area contributed by atoms with Gasteiger partial charge in [0.25, 0.3) is 0 Å². The molecule has 19 heavy (non-hydrogen) atoms. The lowest BCUT2D eigenvalue weighted by Crippen LogP contribution is -2.39. The highest BCUT2D eigenvalue weighted by Crippen LogP contribution is 2.20. The van der Waals surface area contributed by atoms with Crippen LogP contribution in [-0.2, 0) is 16.6 Å². The smallest absolute Gasteiger partial charge is 0.241 e. The first-order valence-corrected chi connectivity index (χ1v) is 8.44. The van der Waals surface area contributed by atoms with Gasteiger partial charge in [0.2, 0.25) is 10.0 Å². The molecule has 0 aromatic carbocycles. The highest BCUT2D eigenvalue weighted by Gasteiger charge is 2.23. The topological polar surface area (TPSA) is 75.4 Å². The summed E-state index contributed by atoms with van der Waals surface area (Å²) in [7, 11) is 0.518. The molecule has 0 atom stereocenters. The average Bonchev–Trinajstić information content (AvgIpc) is 2.74. The highest BCUT2D eigenvalue weighted by molar-refractivity contribution is 7.89. The second-order valence-electron chi connectivity index (χ2n) is 5.68. The largest absolute Gasteiger partial charge is 0.326 e. The zero-order chi connectivity index (χ0) is 14.7. The number of hydrogen-bond acceptors (Lipinski definition) is 5. The van der Waals surface area contributed by atoms with Gasteiger partial charge in [-0.05, 0) is 25.6 Å². The van der Waals surface area contributed by atoms with Gasteiger partial charge >= 0.3 is 0 Å². The van der Waals surface area contributed by atoms with E-state index >= 15 is 0 Å². The molecule has 0 aliphatic carbocycles. The van der Waals surface area contributed by atoms with Crippen LogP contribution >= 0.6 is 11.3 Å². The second kappa shape index (κ2) is 6.32. The van der Waals surface area contributed by atoms with E-state index < -0.39 is 10.0 Å². The highest BCUT2D eigenvalue weighted by atomic mass is 32.2. The molecule has 0 aliphatic rings. The monoisotopic (exact) mass is 305 g/mol. The van der Waals surface area contributed by atoms with Gasteiger partial charge < -0.3 is 10.6 Å². The molecule has 1 rings (SSSR count). The summed E-state index contributed by atoms with van der Waals surface area (Å²) in [5.74, 6) is 0. The summed E-state index contributed by atoms with van der Waals surface area (Å²) in [5, 5.41) is 1.63. The third-order valence-corrected chi connectivity index (χ3v) is 5.12. The van der Waals surface area contributed by atoms with Crippen LogP contribution in [0.5, 0.6) is 0 Å². The zero-order valence-corrected chi connectivity index (χ0v) is 13.6. The van der Waals surface area contributed by atoms with E-state index in [0.29, 0.717) is 18.0 Å². The Morgan fingerprint density at radius 1 is 1.42 bits per heavy atom. The van der Waals surface area contributed by atoms with Gasteiger partial charge in [-0.3, -0.25) is 0 Å². The molecule has 1 aromatic heterocycles. The summed E-state index contributed by atoms with van der Waals surface area (Å²) >= 11 is 1.37. The summed E-state index contributed by atoms with van der Waals surface area (Å²) < 4.78 is 26.9. The van der Waals surface area contributed by atoms with Crippen LogP contribution in [0.3, 0.4) is 0 Å². The van der Waals surface area contributed by atoms with Crippen LogP contribution < -0.4 is 10.5 Å². The number of hydrogen-bond donors (Lipinski definition) is 2. The Bertz CT molecular complexity index is 507. The van der Waals surface area contributed by atoms with E-state index in [2.05, 4.69) is 4.72 Å². The third-order valence-electron chi connectivity index (χ3n) is 2.63. The number of nitrogens with two attached hydrogens (primary N) is 1. The summed E-state index contributed by atoms with van der Waals surface area (Å²) in [4.78, 5) is 3.22. The molecule has 3 N–H and O–H groups in total. The van der Waals surface area contributed by atoms with E-state index in [1.807, 2.05) is 32.8 Å². The van der Waals surface area contributed by atoms with Crippen molar-refractivity contribution in [2.24, 2.45) is 11.1 Å². The van der Waals surface area contributed by atoms with Gasteiger partial charge in [-0.25, -0.2) is 13.1 Å². The lowest BCUT2D eigenvalue weighted by Gasteiger charge is -2.28. The fourth-order valence-corrected chi connectivity index (χ4v) is 4.29. The van der Waals surface area contributed by atoms with Crippen LogP contribution in [-0.4, -0.2) is 40.5 Å². The fourth-order valence-electron chi connectivity index (χ4n) is 1.89. The van der Waals surface area contributed by atoms with Crippen molar-refractivity contribution in [3.8, 4) is 0 Å². The molecule has 110 valence electrons. The predicted octanol–water partition coefficient (Wildman–Crippen LogP) is 1.07. The molecule has 0 bridgehead atoms. The molecule has 1 aromatic rings. The Morgan fingerprint density at radius 3 is 2.53 bits per heavy atom. The standard InChI is InChI=1S/C12H23N3O2S2/c1-12(2,9-15(3)4)8-14-19(16,17)11-5-10(6-13)18-7-11/h5,7,14H,6,8-9,13H2,1-4H3. The Morgan fingerprint density at radius 2 is 2.05 bits per heavy atom. The zero-order valence-electron chi connectivity index (χ0n) is 11.9. The van der Waals surface area contributed by atoms with Crippen LogP contribution in [0, 0.1) is 5.41 Å². The minimum atomic E-state index is -3.43. The molecular formula is C12H23N3O2S2. The summed E-state index contributed by atoms with van der Waals surface area (Å²) in [6.45, 7) is 5.66. The van der Waals surface area contributed by atoms with Crippen molar-refractivity contribution in [1.82, 2.24) is 9.62 Å². The van der Waals surface area contributed by atoms with E-state index in [1.54, 1.807) is 11.4 Å². The minimum Gasteiger partial charge on any atom is -0.326 e. The van der Waals surface area contributed by atoms with Crippen molar-refractivity contribution in [2.75, 3.05) is 27.2 Å². The summed E-state index contributed by atoms with van der Waals surface area (Å²) in [6, 6.07) is 1.63. The van der Waals surface area contributed by atoms with Crippen molar-refractivity contribution in [2.45, 2.75) is 25.3 Å². The van der Waals surface area contributed by atoms with Gasteiger partial charge in [0, 0.05) is 29.9 Å². The number of sulfonamides is 1. The minimum absolute atomic E-state index is 0.122. The molecule has 0 spiro atoms. The van der Waals surface area contributed by atoms with Crippen LogP contribution in [0.15, 0.2) is 16.3 Å². The van der Waals surface area contributed by atoms with E-state index in [4.69, 9.17) is 5.73 Å². The molecule has 0 amide bonds. The van der Waals surface area contributed by atoms with Crippen LogP contribution in [0.25, 0.3) is 0 Å². The number of thiophene rings is 1. The first kappa shape index (κ1) is 16.6. The Kier molecular flexibility index (Phi) is 5.52. The molecule has 1 heterocycles. The lowest BCUT2D eigenvalue weighted by atomic mass is 9.93. The maximum Gasteiger partial charge on any atom is 0.241 e. The van der Waals surface area contributed by atoms with Crippen molar-refractivity contribution in [3.05, 3.63) is 16.3 Å². The van der Waals surface area contributed by atoms with E-state index in [9.17, 15) is 8.42 Å². The lowest BCUT2D eigenvalue weighted by molar-refractivity contribution is 0.242. The summed E-state index contributed by atoms with van der Waals surface area (Å²) in [6.07, 6.45) is 0. The molecule has 0 saturated carbocycles. The molecule has 0 fully saturated rings. The average molecular weight is 305 g/mol. The van der Waals surface area contributed by atoms with Gasteiger partial charge in [-0.2, -0.15) is 0 Å². The maximum absolute atomic E-state index is 12.1. The van der Waals surface area contributed by atoms with Crippen LogP contribution in [0.1, 0.15) is 18.7 Å². The molecule has 0 aliphatic heterocycles. The third kappa shape index (κ3) is 5.19. The molecule has 7 heteroatoms. The normalized spacial score (nSPS) is 13.2. The van der Waals surface area contributed by atoms with Gasteiger partial charge in [-0.1, -0.05) is 13.8 Å². The van der Waals surface area contributed by atoms with E-state index in [0.717, 1.165) is 11.4 Å². The maximum atomic E-state index is 12.1. The van der Waals surface area contributed by atoms with Crippen molar-refractivity contribution in [1.29, 1.82) is 0 Å². The first-order chi connectivity index (χ1) is 8.66. The van der Waals surface area contributed by atoms with Crippen LogP contribution in [0.4, 0.5) is 0 Å². The Hall–Kier alpha value is -0.470. The van der Waals surface area contributed by atoms with Crippen LogP contribution in [0.2, 0.25) is 0 Å². The van der Waals surface area contributed by atoms with E-state index in [1.165, 1.54) is 11.3 Å². The van der Waals surface area contributed by atoms with Crippen molar-refractivity contribution >= 4 is 21.4 Å². The quantitative estimate of drug-likeness (QED) is 0.790. The van der Waals surface area contributed by atoms with Crippen molar-refractivity contribution < 1.29 is 8.42 Å². The van der Waals surface area contributed by atoms with E-state index in [-0.39, 0.29) is 5.41 Å². The number of nitrogens with one attached hydrogen (secondary N) is 1. The Balaban J connectivity index is 2.70. The Labute approximate surface area is 119 Å². The fraction of sp³-hybridized carbons (Fsp3) is 0.667. The van der Waals surface area contributed by atoms with Gasteiger partial charge in [0.05, 0.1) is 4.90 Å². The molecular weight excluding hydrogens is 282 g/mol. The van der Waals surface area contributed by atoms with Crippen molar-refractivity contribution in [3.63, 3.8) is 0 Å². The molecule has 0 saturated heterocycles. The SMILES string of the molecule is CN(C)CC(C)(C)CNS(=O)(=O)c1csc(CN)c1. The second-order valence-corrected chi connectivity index (χ2v) is 8.44. The van der Waals surface area contributed by atoms with Gasteiger partial charge in [0.15, 0.2) is 0 Å². The summed E-state index contributed by atoms with van der Waals surface area (Å²) in [5.41, 5.74) is 5.37. The van der Waals surface area contributed by atoms with Gasteiger partial charge in [0.1, 0.15) is 0 Å². The van der Waals surface area contributed by atoms with Gasteiger partial charge in [-0.15, -0.1) is 11.3 Å². The number of rotatable bonds is 7. The first-order valence-electron chi connectivity index (χ1n) is 6.08. The number of nitrogens with zero attached hydrogens (tertiary/aromatic N) is 1. The predicted molar refractivity (Wildman–Crippen MR) is 79.7 cm³/mol. The molecule has 0 radical (unpaired) electrons. The molecule has 0 unspecified atom stereocenters.